The fourth-order valence-corrected chi connectivity index (χ4v) is 1.43. The van der Waals surface area contributed by atoms with E-state index in [1.807, 2.05) is 19.1 Å². The van der Waals surface area contributed by atoms with Crippen LogP contribution in [-0.2, 0) is 44.1 Å². The van der Waals surface area contributed by atoms with Crippen molar-refractivity contribution in [3.05, 3.63) is 22.4 Å². The van der Waals surface area contributed by atoms with Gasteiger partial charge in [0.15, 0.2) is 7.98 Å². The summed E-state index contributed by atoms with van der Waals surface area (Å²) in [5.74, 6) is 0. The van der Waals surface area contributed by atoms with Crippen LogP contribution in [0.1, 0.15) is 11.8 Å². The average molecular weight is 283 g/mol. The van der Waals surface area contributed by atoms with Crippen molar-refractivity contribution in [2.45, 2.75) is 13.5 Å². The molecule has 14 heavy (non-hydrogen) atoms. The molecule has 0 aliphatic carbocycles. The molecule has 5 heteroatoms. The largest absolute Gasteiger partial charge is 0.388 e. The van der Waals surface area contributed by atoms with Gasteiger partial charge in [0.05, 0.1) is 6.61 Å². The number of hydrogen-bond acceptors (Lipinski definition) is 3. The van der Waals surface area contributed by atoms with Crippen LogP contribution in [0.4, 0.5) is 0 Å². The van der Waals surface area contributed by atoms with Gasteiger partial charge in [-0.3, -0.25) is 11.3 Å². The van der Waals surface area contributed by atoms with Crippen molar-refractivity contribution in [3.63, 3.8) is 0 Å². The van der Waals surface area contributed by atoms with Crippen LogP contribution in [-0.4, -0.2) is 32.5 Å². The van der Waals surface area contributed by atoms with E-state index in [-0.39, 0.29) is 32.7 Å². The van der Waals surface area contributed by atoms with Gasteiger partial charge in [-0.15, -0.1) is 10.3 Å². The average Bonchev–Trinajstić information content (AvgIpc) is 2.64. The number of ether oxygens (including phenoxy) is 1. The van der Waals surface area contributed by atoms with Gasteiger partial charge in [0.2, 0.25) is 0 Å². The molecule has 0 saturated carbocycles. The van der Waals surface area contributed by atoms with Gasteiger partial charge in [-0.25, -0.2) is 0 Å². The van der Waals surface area contributed by atoms with Gasteiger partial charge < -0.3 is 9.55 Å². The van der Waals surface area contributed by atoms with Crippen molar-refractivity contribution >= 4 is 19.3 Å². The number of likely N-dealkylation sites (N-methyl/N-ethyl adjacent to an activating group) is 1. The second-order valence-electron chi connectivity index (χ2n) is 2.70. The Bertz CT molecular complexity index is 221. The maximum absolute atomic E-state index is 5.58. The summed E-state index contributed by atoms with van der Waals surface area (Å²) in [7, 11) is 5.58. The van der Waals surface area contributed by atoms with Crippen molar-refractivity contribution in [1.82, 2.24) is 4.81 Å². The molecule has 0 amide bonds. The van der Waals surface area contributed by atoms with Crippen LogP contribution in [0.15, 0.2) is 12.1 Å². The topological polar surface area (TPSA) is 12.5 Å². The first kappa shape index (κ1) is 14.8. The molecule has 73 valence electrons. The van der Waals surface area contributed by atoms with Crippen LogP contribution >= 0.6 is 11.3 Å². The van der Waals surface area contributed by atoms with Crippen molar-refractivity contribution < 1.29 is 37.4 Å². The van der Waals surface area contributed by atoms with Gasteiger partial charge in [-0.1, -0.05) is 6.92 Å². The predicted octanol–water partition coefficient (Wildman–Crippen LogP) is 1.47. The monoisotopic (exact) mass is 283 g/mol. The zero-order valence-corrected chi connectivity index (χ0v) is 12.1. The molecule has 0 N–H and O–H groups in total. The molecule has 1 heterocycles. The number of hydrogen-bond donors (Lipinski definition) is 0. The summed E-state index contributed by atoms with van der Waals surface area (Å²) in [6.45, 7) is 5.02. The van der Waals surface area contributed by atoms with Crippen LogP contribution < -0.4 is 0 Å². The second kappa shape index (κ2) is 9.05. The molecule has 3 radical (unpaired) electrons. The Hall–Kier alpha value is 0.789. The molecule has 1 rings (SSSR count). The number of nitrogens with zero attached hydrogens (tertiary/aromatic N) is 1. The van der Waals surface area contributed by atoms with Gasteiger partial charge in [0.1, 0.15) is 0 Å². The fraction of sp³-hybridized carbons (Fsp3) is 0.556. The van der Waals surface area contributed by atoms with E-state index in [4.69, 9.17) is 12.7 Å². The van der Waals surface area contributed by atoms with Crippen molar-refractivity contribution in [2.24, 2.45) is 0 Å². The maximum atomic E-state index is 5.58. The normalized spacial score (nSPS) is 10.1. The SMILES string of the molecule is [B]N(CC)CCOCc1cc[c-]s1.[Y]. The van der Waals surface area contributed by atoms with Gasteiger partial charge >= 0.3 is 0 Å². The molecule has 1 aromatic heterocycles. The molecular formula is C9H13BNOSY-. The first-order chi connectivity index (χ1) is 6.33. The Morgan fingerprint density at radius 2 is 2.43 bits per heavy atom. The summed E-state index contributed by atoms with van der Waals surface area (Å²) >= 11 is 1.59. The molecule has 0 spiro atoms. The summed E-state index contributed by atoms with van der Waals surface area (Å²) in [5, 5.41) is 3.02. The molecule has 0 atom stereocenters. The van der Waals surface area contributed by atoms with Crippen LogP contribution in [0.25, 0.3) is 0 Å². The minimum absolute atomic E-state index is 0. The minimum atomic E-state index is 0. The molecule has 0 aromatic carbocycles. The number of thiophene rings is 1. The van der Waals surface area contributed by atoms with Crippen LogP contribution in [0.2, 0.25) is 0 Å². The molecule has 0 bridgehead atoms. The molecule has 0 aliphatic heterocycles. The Balaban J connectivity index is 0.00000169. The first-order valence-electron chi connectivity index (χ1n) is 4.35. The molecule has 0 fully saturated rings. The molecule has 0 aliphatic rings. The number of rotatable bonds is 6. The van der Waals surface area contributed by atoms with Gasteiger partial charge in [-0.05, 0) is 6.54 Å². The molecule has 2 nitrogen and oxygen atoms in total. The third-order valence-electron chi connectivity index (χ3n) is 1.70. The van der Waals surface area contributed by atoms with Crippen LogP contribution in [0, 0.1) is 5.38 Å². The van der Waals surface area contributed by atoms with Gasteiger partial charge in [0.25, 0.3) is 0 Å². The van der Waals surface area contributed by atoms with E-state index in [0.29, 0.717) is 13.2 Å². The van der Waals surface area contributed by atoms with Crippen LogP contribution in [0.5, 0.6) is 0 Å². The summed E-state index contributed by atoms with van der Waals surface area (Å²) < 4.78 is 5.42. The van der Waals surface area contributed by atoms with E-state index >= 15 is 0 Å². The Morgan fingerprint density at radius 3 is 3.00 bits per heavy atom. The Kier molecular flexibility index (Phi) is 9.56. The zero-order chi connectivity index (χ0) is 9.52. The van der Waals surface area contributed by atoms with Gasteiger partial charge in [-0.2, -0.15) is 12.1 Å². The van der Waals surface area contributed by atoms with Crippen molar-refractivity contribution in [2.75, 3.05) is 19.7 Å². The van der Waals surface area contributed by atoms with Crippen molar-refractivity contribution in [3.8, 4) is 0 Å². The smallest absolute Gasteiger partial charge is 0.182 e. The summed E-state index contributed by atoms with van der Waals surface area (Å²) in [4.78, 5) is 2.95. The van der Waals surface area contributed by atoms with E-state index in [1.54, 1.807) is 16.1 Å². The third kappa shape index (κ3) is 6.31. The third-order valence-corrected chi connectivity index (χ3v) is 2.47. The maximum Gasteiger partial charge on any atom is 0.182 e. The van der Waals surface area contributed by atoms with E-state index < -0.39 is 0 Å². The summed E-state index contributed by atoms with van der Waals surface area (Å²) in [5.41, 5.74) is 0. The molecule has 1 aromatic rings. The molecular weight excluding hydrogens is 270 g/mol. The first-order valence-corrected chi connectivity index (χ1v) is 5.16. The van der Waals surface area contributed by atoms with Gasteiger partial charge in [0, 0.05) is 45.9 Å². The Morgan fingerprint density at radius 1 is 1.64 bits per heavy atom. The second-order valence-corrected chi connectivity index (χ2v) is 3.66. The molecule has 0 unspecified atom stereocenters. The summed E-state index contributed by atoms with van der Waals surface area (Å²) in [6, 6.07) is 3.93. The van der Waals surface area contributed by atoms with E-state index in [2.05, 4.69) is 5.38 Å². The Labute approximate surface area is 116 Å². The van der Waals surface area contributed by atoms with E-state index in [1.165, 1.54) is 4.88 Å². The van der Waals surface area contributed by atoms with Crippen LogP contribution in [0.3, 0.4) is 0 Å². The van der Waals surface area contributed by atoms with E-state index in [0.717, 1.165) is 13.1 Å². The molecule has 0 saturated heterocycles. The zero-order valence-electron chi connectivity index (χ0n) is 8.40. The van der Waals surface area contributed by atoms with Crippen molar-refractivity contribution in [1.29, 1.82) is 0 Å². The summed E-state index contributed by atoms with van der Waals surface area (Å²) in [6.07, 6.45) is 0. The standard InChI is InChI=1S/C9H13BNOS.Y/c1-2-11(10)5-6-12-8-9-4-3-7-13-9;/h3-4H,2,5-6,8H2,1H3;/q-1;. The fourth-order valence-electron chi connectivity index (χ4n) is 0.861. The van der Waals surface area contributed by atoms with E-state index in [9.17, 15) is 0 Å². The quantitative estimate of drug-likeness (QED) is 0.445. The predicted molar refractivity (Wildman–Crippen MR) is 55.8 cm³/mol. The minimum Gasteiger partial charge on any atom is -0.388 e.